The molecule has 1 saturated heterocycles. The van der Waals surface area contributed by atoms with E-state index in [1.54, 1.807) is 0 Å². The highest BCUT2D eigenvalue weighted by atomic mass is 16.2. The average Bonchev–Trinajstić information content (AvgIpc) is 1.91. The van der Waals surface area contributed by atoms with Crippen LogP contribution in [0.3, 0.4) is 0 Å². The van der Waals surface area contributed by atoms with Gasteiger partial charge in [0, 0.05) is 0 Å². The van der Waals surface area contributed by atoms with Crippen LogP contribution in [0.1, 0.15) is 0 Å². The van der Waals surface area contributed by atoms with Crippen molar-refractivity contribution < 1.29 is 9.59 Å². The Labute approximate surface area is 39.9 Å². The molecule has 0 unspecified atom stereocenters. The first-order chi connectivity index (χ1) is 3.30. The molecule has 0 aromatic carbocycles. The van der Waals surface area contributed by atoms with Crippen LogP contribution in [0, 0.1) is 0 Å². The highest BCUT2D eigenvalue weighted by Gasteiger charge is 2.18. The predicted octanol–water partition coefficient (Wildman–Crippen LogP) is -1.81. The Morgan fingerprint density at radius 3 is 2.29 bits per heavy atom. The average molecular weight is 100 g/mol. The van der Waals surface area contributed by atoms with Crippen LogP contribution < -0.4 is 10.9 Å². The van der Waals surface area contributed by atoms with Gasteiger partial charge in [-0.3, -0.25) is 15.0 Å². The molecule has 0 bridgehead atoms. The van der Waals surface area contributed by atoms with Gasteiger partial charge in [-0.2, -0.15) is 0 Å². The minimum Gasteiger partial charge on any atom is -0.287 e. The fourth-order valence-corrected chi connectivity index (χ4v) is 0.355. The molecule has 1 heterocycles. The topological polar surface area (TPSA) is 58.2 Å². The third kappa shape index (κ3) is 0.592. The largest absolute Gasteiger partial charge is 0.302 e. The van der Waals surface area contributed by atoms with E-state index in [1.165, 1.54) is 0 Å². The molecule has 38 valence electrons. The Bertz CT molecular complexity index is 106. The van der Waals surface area contributed by atoms with Gasteiger partial charge in [0.1, 0.15) is 0 Å². The van der Waals surface area contributed by atoms with Gasteiger partial charge >= 0.3 is 5.91 Å². The molecule has 4 heteroatoms. The second-order valence-electron chi connectivity index (χ2n) is 1.23. The molecule has 4 nitrogen and oxygen atoms in total. The van der Waals surface area contributed by atoms with E-state index in [0.29, 0.717) is 0 Å². The standard InChI is InChI=1S/C3H4N2O2/c6-2-1-4-5-3(2)7/h4H,1H2,(H,5,7). The first-order valence-electron chi connectivity index (χ1n) is 1.87. The van der Waals surface area contributed by atoms with Crippen molar-refractivity contribution in [1.82, 2.24) is 10.9 Å². The molecule has 0 aromatic rings. The molecule has 0 saturated carbocycles. The summed E-state index contributed by atoms with van der Waals surface area (Å²) in [5.41, 5.74) is 4.50. The monoisotopic (exact) mass is 100 g/mol. The number of hydrazine groups is 1. The molecule has 0 atom stereocenters. The highest BCUT2D eigenvalue weighted by Crippen LogP contribution is 1.74. The normalized spacial score (nSPS) is 20.0. The first-order valence-corrected chi connectivity index (χ1v) is 1.87. The van der Waals surface area contributed by atoms with Crippen molar-refractivity contribution in [2.75, 3.05) is 6.54 Å². The van der Waals surface area contributed by atoms with Crippen LogP contribution in [0.25, 0.3) is 0 Å². The summed E-state index contributed by atoms with van der Waals surface area (Å²) < 4.78 is 0. The molecule has 7 heavy (non-hydrogen) atoms. The zero-order chi connectivity index (χ0) is 5.28. The third-order valence-corrected chi connectivity index (χ3v) is 0.704. The zero-order valence-electron chi connectivity index (χ0n) is 3.52. The van der Waals surface area contributed by atoms with E-state index in [2.05, 4.69) is 10.9 Å². The van der Waals surface area contributed by atoms with E-state index in [1.807, 2.05) is 0 Å². The van der Waals surface area contributed by atoms with Gasteiger partial charge in [0.15, 0.2) is 0 Å². The Morgan fingerprint density at radius 2 is 2.14 bits per heavy atom. The number of ketones is 1. The van der Waals surface area contributed by atoms with Crippen molar-refractivity contribution in [1.29, 1.82) is 0 Å². The lowest BCUT2D eigenvalue weighted by Gasteiger charge is -1.81. The van der Waals surface area contributed by atoms with Gasteiger partial charge in [-0.1, -0.05) is 0 Å². The summed E-state index contributed by atoms with van der Waals surface area (Å²) >= 11 is 0. The van der Waals surface area contributed by atoms with Gasteiger partial charge in [-0.05, 0) is 0 Å². The Balaban J connectivity index is 2.65. The lowest BCUT2D eigenvalue weighted by Crippen LogP contribution is -2.26. The summed E-state index contributed by atoms with van der Waals surface area (Å²) in [5.74, 6) is -0.944. The van der Waals surface area contributed by atoms with Gasteiger partial charge in [0.2, 0.25) is 5.78 Å². The number of hydrogen-bond acceptors (Lipinski definition) is 3. The predicted molar refractivity (Wildman–Crippen MR) is 21.2 cm³/mol. The second-order valence-corrected chi connectivity index (χ2v) is 1.23. The lowest BCUT2D eigenvalue weighted by molar-refractivity contribution is -0.134. The van der Waals surface area contributed by atoms with Crippen molar-refractivity contribution in [3.05, 3.63) is 0 Å². The Hall–Kier alpha value is -0.900. The fraction of sp³-hybridized carbons (Fsp3) is 0.333. The van der Waals surface area contributed by atoms with Gasteiger partial charge in [-0.15, -0.1) is 0 Å². The van der Waals surface area contributed by atoms with Gasteiger partial charge in [-0.25, -0.2) is 5.43 Å². The number of carbonyl (C=O) groups is 2. The summed E-state index contributed by atoms with van der Waals surface area (Å²) in [7, 11) is 0. The molecule has 2 N–H and O–H groups in total. The third-order valence-electron chi connectivity index (χ3n) is 0.704. The van der Waals surface area contributed by atoms with Gasteiger partial charge < -0.3 is 0 Å². The van der Waals surface area contributed by atoms with E-state index >= 15 is 0 Å². The molecular weight excluding hydrogens is 96.0 g/mol. The fourth-order valence-electron chi connectivity index (χ4n) is 0.355. The summed E-state index contributed by atoms with van der Waals surface area (Å²) in [5, 5.41) is 0. The van der Waals surface area contributed by atoms with Crippen LogP contribution in [-0.2, 0) is 9.59 Å². The van der Waals surface area contributed by atoms with E-state index < -0.39 is 11.7 Å². The number of carbonyl (C=O) groups excluding carboxylic acids is 2. The van der Waals surface area contributed by atoms with E-state index in [-0.39, 0.29) is 6.54 Å². The summed E-state index contributed by atoms with van der Waals surface area (Å²) in [4.78, 5) is 20.2. The Kier molecular flexibility index (Phi) is 0.796. The lowest BCUT2D eigenvalue weighted by atomic mass is 10.4. The minimum absolute atomic E-state index is 0.124. The minimum atomic E-state index is -0.542. The van der Waals surface area contributed by atoms with Crippen molar-refractivity contribution in [2.24, 2.45) is 0 Å². The maximum Gasteiger partial charge on any atom is 0.302 e. The summed E-state index contributed by atoms with van der Waals surface area (Å²) in [6.45, 7) is 0.124. The van der Waals surface area contributed by atoms with E-state index in [9.17, 15) is 9.59 Å². The molecular formula is C3H4N2O2. The highest BCUT2D eigenvalue weighted by molar-refractivity contribution is 6.38. The van der Waals surface area contributed by atoms with Crippen LogP contribution >= 0.6 is 0 Å². The van der Waals surface area contributed by atoms with E-state index in [4.69, 9.17) is 0 Å². The molecule has 1 rings (SSSR count). The van der Waals surface area contributed by atoms with Crippen molar-refractivity contribution >= 4 is 11.7 Å². The summed E-state index contributed by atoms with van der Waals surface area (Å²) in [6, 6.07) is 0. The second kappa shape index (κ2) is 1.31. The molecule has 1 fully saturated rings. The number of nitrogens with one attached hydrogen (secondary N) is 2. The van der Waals surface area contributed by atoms with Gasteiger partial charge in [0.05, 0.1) is 6.54 Å². The summed E-state index contributed by atoms with van der Waals surface area (Å²) in [6.07, 6.45) is 0. The number of rotatable bonds is 0. The smallest absolute Gasteiger partial charge is 0.287 e. The van der Waals surface area contributed by atoms with Crippen molar-refractivity contribution in [3.8, 4) is 0 Å². The quantitative estimate of drug-likeness (QED) is 0.353. The SMILES string of the molecule is O=C1CNNC1=O. The van der Waals surface area contributed by atoms with Crippen LogP contribution in [0.2, 0.25) is 0 Å². The molecule has 1 aliphatic heterocycles. The molecule has 1 aliphatic rings. The maximum absolute atomic E-state index is 10.1. The number of amides is 1. The molecule has 0 aromatic heterocycles. The van der Waals surface area contributed by atoms with Crippen LogP contribution in [-0.4, -0.2) is 18.2 Å². The zero-order valence-corrected chi connectivity index (χ0v) is 3.52. The molecule has 0 spiro atoms. The van der Waals surface area contributed by atoms with E-state index in [0.717, 1.165) is 0 Å². The first kappa shape index (κ1) is 4.26. The number of Topliss-reactive ketones (excluding diaryl/α,β-unsaturated/α-hetero) is 1. The van der Waals surface area contributed by atoms with Crippen LogP contribution in [0.15, 0.2) is 0 Å². The maximum atomic E-state index is 10.1. The van der Waals surface area contributed by atoms with Crippen molar-refractivity contribution in [2.45, 2.75) is 0 Å². The number of hydrogen-bond donors (Lipinski definition) is 2. The molecule has 1 amide bonds. The molecule has 0 aliphatic carbocycles. The Morgan fingerprint density at radius 1 is 1.43 bits per heavy atom. The molecule has 0 radical (unpaired) electrons. The van der Waals surface area contributed by atoms with Crippen LogP contribution in [0.4, 0.5) is 0 Å². The van der Waals surface area contributed by atoms with Gasteiger partial charge in [0.25, 0.3) is 0 Å². The van der Waals surface area contributed by atoms with Crippen molar-refractivity contribution in [3.63, 3.8) is 0 Å². The van der Waals surface area contributed by atoms with Crippen LogP contribution in [0.5, 0.6) is 0 Å².